The predicted molar refractivity (Wildman–Crippen MR) is 32.8 cm³/mol. The summed E-state index contributed by atoms with van der Waals surface area (Å²) >= 11 is 0. The topological polar surface area (TPSA) is 330 Å². The van der Waals surface area contributed by atoms with E-state index in [1.165, 1.54) is 0 Å². The third-order valence-electron chi connectivity index (χ3n) is 0. The largest absolute Gasteiger partial charge is 4.00 e. The minimum atomic E-state index is 0. The summed E-state index contributed by atoms with van der Waals surface area (Å²) in [6, 6.07) is 0. The van der Waals surface area contributed by atoms with E-state index in [0.29, 0.717) is 0 Å². The Morgan fingerprint density at radius 3 is 0.286 bits per heavy atom. The van der Waals surface area contributed by atoms with Crippen molar-refractivity contribution < 1.29 is 82.0 Å². The smallest absolute Gasteiger partial charge is 0.870 e. The minimum Gasteiger partial charge on any atom is -0.870 e. The maximum atomic E-state index is 0. The van der Waals surface area contributed by atoms with Crippen molar-refractivity contribution >= 4 is 28.3 Å². The van der Waals surface area contributed by atoms with Crippen molar-refractivity contribution in [2.75, 3.05) is 0 Å². The van der Waals surface area contributed by atoms with Gasteiger partial charge in [0.1, 0.15) is 0 Å². The van der Waals surface area contributed by atoms with Gasteiger partial charge >= 0.3 is 50.0 Å². The van der Waals surface area contributed by atoms with Crippen LogP contribution in [0.3, 0.4) is 0 Å². The molecule has 0 saturated heterocycles. The summed E-state index contributed by atoms with van der Waals surface area (Å²) in [6.45, 7) is 0. The molecule has 0 bridgehead atoms. The first-order valence-electron chi connectivity index (χ1n) is 0. The van der Waals surface area contributed by atoms with Gasteiger partial charge in [-0.15, -0.1) is 0 Å². The molecule has 11 N–H and O–H groups in total. The van der Waals surface area contributed by atoms with Gasteiger partial charge in [-0.25, -0.2) is 0 Å². The first-order chi connectivity index (χ1) is 0. The zero-order chi connectivity index (χ0) is 0. The molecule has 0 unspecified atom stereocenters. The van der Waals surface area contributed by atoms with Crippen LogP contribution >= 0.6 is 0 Å². The zero-order valence-electron chi connectivity index (χ0n) is 6.50. The third-order valence-corrected chi connectivity index (χ3v) is 0. The van der Waals surface area contributed by atoms with Gasteiger partial charge in [-0.3, -0.25) is 0 Å². The van der Waals surface area contributed by atoms with Crippen molar-refractivity contribution in [2.24, 2.45) is 0 Å². The van der Waals surface area contributed by atoms with E-state index < -0.39 is 0 Å². The fourth-order valence-electron chi connectivity index (χ4n) is 0. The van der Waals surface area contributed by atoms with Gasteiger partial charge in [0.2, 0.25) is 0 Å². The van der Waals surface area contributed by atoms with Gasteiger partial charge in [0.25, 0.3) is 0 Å². The molecule has 0 aliphatic rings. The van der Waals surface area contributed by atoms with Crippen LogP contribution in [-0.4, -0.2) is 88.6 Å². The second-order valence-electron chi connectivity index (χ2n) is 0. The molecule has 0 rings (SSSR count). The van der Waals surface area contributed by atoms with E-state index >= 15 is 0 Å². The molecule has 0 fully saturated rings. The van der Waals surface area contributed by atoms with Crippen LogP contribution in [0.5, 0.6) is 0 Å². The Morgan fingerprint density at radius 2 is 0.286 bits per heavy atom. The maximum Gasteiger partial charge on any atom is 4.00 e. The quantitative estimate of drug-likeness (QED) is 0.412. The van der Waals surface area contributed by atoms with Crippen LogP contribution in [0.4, 0.5) is 0 Å². The van der Waals surface area contributed by atoms with Crippen molar-refractivity contribution in [3.05, 3.63) is 0 Å². The molecular weight excluding hydrogens is 279 g/mol. The van der Waals surface area contributed by atoms with E-state index in [4.69, 9.17) is 0 Å². The molecule has 0 aliphatic heterocycles. The van der Waals surface area contributed by atoms with Crippen molar-refractivity contribution in [1.29, 1.82) is 0 Å². The Bertz CT molecular complexity index is 15.2. The Labute approximate surface area is 110 Å². The fourth-order valence-corrected chi connectivity index (χ4v) is 0. The van der Waals surface area contributed by atoms with Gasteiger partial charge in [0.05, 0.1) is 0 Å². The first-order valence-corrected chi connectivity index (χ1v) is 0. The molecule has 0 radical (unpaired) electrons. The Kier molecular flexibility index (Phi) is 457000. The molecular formula is H11AlO11SiTi. The van der Waals surface area contributed by atoms with E-state index in [2.05, 4.69) is 0 Å². The van der Waals surface area contributed by atoms with Gasteiger partial charge in [-0.2, -0.15) is 0 Å². The Morgan fingerprint density at radius 1 is 0.286 bits per heavy atom. The molecule has 0 heterocycles. The van der Waals surface area contributed by atoms with E-state index in [-0.39, 0.29) is 110 Å². The third kappa shape index (κ3) is 1800. The van der Waals surface area contributed by atoms with Crippen LogP contribution in [0, 0.1) is 0 Å². The molecule has 14 heavy (non-hydrogen) atoms. The Balaban J connectivity index is 0. The molecule has 0 spiro atoms. The summed E-state index contributed by atoms with van der Waals surface area (Å²) in [6.07, 6.45) is 0. The monoisotopic (exact) mass is 290 g/mol. The summed E-state index contributed by atoms with van der Waals surface area (Å²) in [5.41, 5.74) is 0. The van der Waals surface area contributed by atoms with Crippen molar-refractivity contribution in [3.8, 4) is 0 Å². The number of rotatable bonds is 0. The number of hydrogen-bond donors (Lipinski definition) is 0. The Hall–Kier alpha value is 1.02. The SMILES string of the molecule is [Al+3].[OH-].[OH-].[OH-].[OH-].[OH-].[OH-].[OH-].[OH-].[OH-].[OH-].[OH-].[Si+4].[Ti+4]. The van der Waals surface area contributed by atoms with Crippen LogP contribution < -0.4 is 0 Å². The predicted octanol–water partition coefficient (Wildman–Crippen LogP) is -2.71. The van der Waals surface area contributed by atoms with Crippen LogP contribution in [0.2, 0.25) is 0 Å². The molecule has 0 atom stereocenters. The molecule has 14 heteroatoms. The maximum absolute atomic E-state index is 0. The summed E-state index contributed by atoms with van der Waals surface area (Å²) < 4.78 is 0. The van der Waals surface area contributed by atoms with Crippen molar-refractivity contribution in [3.63, 3.8) is 0 Å². The summed E-state index contributed by atoms with van der Waals surface area (Å²) in [7, 11) is 0. The fraction of sp³-hybridized carbons (Fsp3) is 0. The second-order valence-corrected chi connectivity index (χ2v) is 0. The van der Waals surface area contributed by atoms with Gasteiger partial charge in [0.15, 0.2) is 0 Å². The minimum absolute atomic E-state index is 0. The van der Waals surface area contributed by atoms with Crippen LogP contribution in [-0.2, 0) is 21.7 Å². The van der Waals surface area contributed by atoms with Crippen LogP contribution in [0.25, 0.3) is 0 Å². The summed E-state index contributed by atoms with van der Waals surface area (Å²) in [5.74, 6) is 0. The molecule has 0 amide bonds. The van der Waals surface area contributed by atoms with E-state index in [1.807, 2.05) is 0 Å². The zero-order valence-corrected chi connectivity index (χ0v) is 10.2. The molecule has 0 saturated carbocycles. The van der Waals surface area contributed by atoms with Crippen LogP contribution in [0.1, 0.15) is 0 Å². The second kappa shape index (κ2) is 2270. The van der Waals surface area contributed by atoms with Gasteiger partial charge in [-0.05, 0) is 0 Å². The van der Waals surface area contributed by atoms with Gasteiger partial charge in [0, 0.05) is 0 Å². The average molecular weight is 290 g/mol. The molecule has 11 nitrogen and oxygen atoms in total. The molecule has 0 aromatic rings. The summed E-state index contributed by atoms with van der Waals surface area (Å²) in [5, 5.41) is 0. The molecule has 88 valence electrons. The van der Waals surface area contributed by atoms with Crippen LogP contribution in [0.15, 0.2) is 0 Å². The van der Waals surface area contributed by atoms with Gasteiger partial charge in [-0.1, -0.05) is 0 Å². The normalized spacial score (nSPS) is 0. The summed E-state index contributed by atoms with van der Waals surface area (Å²) in [4.78, 5) is 0. The van der Waals surface area contributed by atoms with E-state index in [0.717, 1.165) is 0 Å². The first kappa shape index (κ1) is 2820. The molecule has 0 aromatic carbocycles. The van der Waals surface area contributed by atoms with Crippen molar-refractivity contribution in [1.82, 2.24) is 0 Å². The van der Waals surface area contributed by atoms with E-state index in [1.54, 1.807) is 0 Å². The molecule has 0 aliphatic carbocycles. The van der Waals surface area contributed by atoms with E-state index in [9.17, 15) is 0 Å². The number of hydrogen-bond acceptors (Lipinski definition) is 11. The van der Waals surface area contributed by atoms with Gasteiger partial charge < -0.3 is 60.2 Å². The van der Waals surface area contributed by atoms with Crippen molar-refractivity contribution in [2.45, 2.75) is 0 Å². The average Bonchev–Trinajstić information content (AvgIpc) is 0. The standard InChI is InChI=1S/Al.11H2O.Si.Ti/h;11*1H2;;/q+3;;;;;;;;;;;;2*+4/p-11. The molecule has 0 aromatic heterocycles.